The molecule has 2 aromatic carbocycles. The molecular weight excluding hydrogens is 482 g/mol. The van der Waals surface area contributed by atoms with Crippen LogP contribution in [0.2, 0.25) is 0 Å². The highest BCUT2D eigenvalue weighted by atomic mass is 79.9. The molecule has 31 heavy (non-hydrogen) atoms. The van der Waals surface area contributed by atoms with E-state index in [0.717, 1.165) is 19.9 Å². The van der Waals surface area contributed by atoms with E-state index in [9.17, 15) is 13.2 Å². The lowest BCUT2D eigenvalue weighted by molar-refractivity contribution is -0.119. The smallest absolute Gasteiger partial charge is 0.264 e. The summed E-state index contributed by atoms with van der Waals surface area (Å²) < 4.78 is 34.0. The van der Waals surface area contributed by atoms with Crippen molar-refractivity contribution in [2.24, 2.45) is 5.10 Å². The summed E-state index contributed by atoms with van der Waals surface area (Å²) in [5.41, 5.74) is 4.53. The van der Waals surface area contributed by atoms with Gasteiger partial charge in [0.25, 0.3) is 15.9 Å². The van der Waals surface area contributed by atoms with Crippen molar-refractivity contribution in [1.82, 2.24) is 5.43 Å². The predicted molar refractivity (Wildman–Crippen MR) is 124 cm³/mol. The van der Waals surface area contributed by atoms with Crippen LogP contribution in [0.25, 0.3) is 0 Å². The summed E-state index contributed by atoms with van der Waals surface area (Å²) >= 11 is 3.34. The van der Waals surface area contributed by atoms with E-state index in [-0.39, 0.29) is 4.90 Å². The van der Waals surface area contributed by atoms with Crippen molar-refractivity contribution in [1.29, 1.82) is 0 Å². The topological polar surface area (TPSA) is 92.0 Å². The third-order valence-corrected chi connectivity index (χ3v) is 7.06. The van der Waals surface area contributed by atoms with Crippen molar-refractivity contribution in [3.05, 3.63) is 81.7 Å². The molecule has 7 nitrogen and oxygen atoms in total. The van der Waals surface area contributed by atoms with Crippen molar-refractivity contribution < 1.29 is 17.6 Å². The maximum absolute atomic E-state index is 13.3. The lowest BCUT2D eigenvalue weighted by Crippen LogP contribution is -2.40. The summed E-state index contributed by atoms with van der Waals surface area (Å²) in [6.45, 7) is 5.08. The van der Waals surface area contributed by atoms with Gasteiger partial charge in [0.2, 0.25) is 0 Å². The summed E-state index contributed by atoms with van der Waals surface area (Å²) in [6, 6.07) is 15.1. The number of hydrogen-bond acceptors (Lipinski definition) is 5. The maximum atomic E-state index is 13.3. The van der Waals surface area contributed by atoms with Crippen molar-refractivity contribution in [3.8, 4) is 0 Å². The Morgan fingerprint density at radius 3 is 2.45 bits per heavy atom. The predicted octanol–water partition coefficient (Wildman–Crippen LogP) is 4.31. The number of halogens is 1. The molecule has 0 aliphatic heterocycles. The van der Waals surface area contributed by atoms with Gasteiger partial charge in [0.05, 0.1) is 21.3 Å². The Kier molecular flexibility index (Phi) is 6.97. The van der Waals surface area contributed by atoms with Gasteiger partial charge in [-0.05, 0) is 60.5 Å². The minimum absolute atomic E-state index is 0.0992. The first kappa shape index (κ1) is 22.8. The van der Waals surface area contributed by atoms with E-state index in [1.807, 2.05) is 26.0 Å². The van der Waals surface area contributed by atoms with Crippen molar-refractivity contribution >= 4 is 43.8 Å². The van der Waals surface area contributed by atoms with E-state index in [1.54, 1.807) is 37.3 Å². The summed E-state index contributed by atoms with van der Waals surface area (Å²) in [5, 5.41) is 3.87. The third-order valence-electron chi connectivity index (χ3n) is 4.50. The van der Waals surface area contributed by atoms with Gasteiger partial charge in [-0.2, -0.15) is 5.10 Å². The number of hydrazone groups is 1. The van der Waals surface area contributed by atoms with E-state index < -0.39 is 22.5 Å². The molecule has 0 fully saturated rings. The molecule has 162 valence electrons. The zero-order chi connectivity index (χ0) is 22.6. The van der Waals surface area contributed by atoms with Gasteiger partial charge < -0.3 is 4.42 Å². The number of rotatable bonds is 7. The van der Waals surface area contributed by atoms with Gasteiger partial charge >= 0.3 is 0 Å². The lowest BCUT2D eigenvalue weighted by Gasteiger charge is -2.25. The number of anilines is 1. The van der Waals surface area contributed by atoms with Crippen LogP contribution in [0.4, 0.5) is 5.69 Å². The average Bonchev–Trinajstić information content (AvgIpc) is 3.04. The number of benzene rings is 2. The minimum atomic E-state index is -3.97. The minimum Gasteiger partial charge on any atom is -0.459 e. The van der Waals surface area contributed by atoms with Crippen LogP contribution in [0.15, 0.2) is 73.5 Å². The second-order valence-corrected chi connectivity index (χ2v) is 9.68. The van der Waals surface area contributed by atoms with Gasteiger partial charge in [0.15, 0.2) is 0 Å². The Morgan fingerprint density at radius 1 is 1.13 bits per heavy atom. The molecule has 0 aliphatic rings. The molecule has 9 heteroatoms. The summed E-state index contributed by atoms with van der Waals surface area (Å²) in [5.74, 6) is 0.550. The van der Waals surface area contributed by atoms with Gasteiger partial charge in [-0.1, -0.05) is 35.9 Å². The molecule has 1 N–H and O–H groups in total. The van der Waals surface area contributed by atoms with E-state index in [1.165, 1.54) is 18.3 Å². The SMILES string of the molecule is Cc1ccc(N(CC(=O)N/N=C/c2cc(Br)c(C)o2)S(=O)(=O)c2ccccc2)c(C)c1. The molecule has 0 bridgehead atoms. The van der Waals surface area contributed by atoms with Crippen LogP contribution < -0.4 is 9.73 Å². The number of amides is 1. The van der Waals surface area contributed by atoms with Crippen LogP contribution in [0.1, 0.15) is 22.6 Å². The molecule has 1 amide bonds. The van der Waals surface area contributed by atoms with Gasteiger partial charge in [0.1, 0.15) is 18.1 Å². The highest BCUT2D eigenvalue weighted by molar-refractivity contribution is 9.10. The van der Waals surface area contributed by atoms with E-state index >= 15 is 0 Å². The largest absolute Gasteiger partial charge is 0.459 e. The molecule has 0 unspecified atom stereocenters. The highest BCUT2D eigenvalue weighted by Crippen LogP contribution is 2.27. The molecule has 3 rings (SSSR count). The number of aryl methyl sites for hydroxylation is 3. The number of sulfonamides is 1. The van der Waals surface area contributed by atoms with Crippen molar-refractivity contribution in [2.75, 3.05) is 10.8 Å². The zero-order valence-electron chi connectivity index (χ0n) is 17.3. The fourth-order valence-corrected chi connectivity index (χ4v) is 4.80. The number of hydrogen-bond donors (Lipinski definition) is 1. The van der Waals surface area contributed by atoms with E-state index in [4.69, 9.17) is 4.42 Å². The van der Waals surface area contributed by atoms with Crippen LogP contribution in [-0.2, 0) is 14.8 Å². The summed E-state index contributed by atoms with van der Waals surface area (Å²) in [6.07, 6.45) is 1.35. The fraction of sp³-hybridized carbons (Fsp3) is 0.182. The molecular formula is C22H22BrN3O4S. The Labute approximate surface area is 189 Å². The second-order valence-electron chi connectivity index (χ2n) is 6.96. The first-order valence-electron chi connectivity index (χ1n) is 9.41. The van der Waals surface area contributed by atoms with Crippen LogP contribution in [0.3, 0.4) is 0 Å². The molecule has 0 saturated heterocycles. The molecule has 0 saturated carbocycles. The van der Waals surface area contributed by atoms with E-state index in [2.05, 4.69) is 26.5 Å². The highest BCUT2D eigenvalue weighted by Gasteiger charge is 2.28. The van der Waals surface area contributed by atoms with Gasteiger partial charge in [-0.25, -0.2) is 13.8 Å². The second kappa shape index (κ2) is 9.49. The van der Waals surface area contributed by atoms with Crippen molar-refractivity contribution in [3.63, 3.8) is 0 Å². The molecule has 1 heterocycles. The normalized spacial score (nSPS) is 11.6. The zero-order valence-corrected chi connectivity index (χ0v) is 19.7. The van der Waals surface area contributed by atoms with Gasteiger partial charge in [0, 0.05) is 6.07 Å². The first-order valence-corrected chi connectivity index (χ1v) is 11.6. The molecule has 0 spiro atoms. The Morgan fingerprint density at radius 2 is 1.84 bits per heavy atom. The Bertz CT molecular complexity index is 1200. The molecule has 0 radical (unpaired) electrons. The monoisotopic (exact) mass is 503 g/mol. The number of carbonyl (C=O) groups is 1. The van der Waals surface area contributed by atoms with Crippen LogP contribution in [0, 0.1) is 20.8 Å². The molecule has 3 aromatic rings. The summed E-state index contributed by atoms with van der Waals surface area (Å²) in [4.78, 5) is 12.7. The fourth-order valence-electron chi connectivity index (χ4n) is 2.98. The third kappa shape index (κ3) is 5.42. The van der Waals surface area contributed by atoms with Crippen LogP contribution in [-0.4, -0.2) is 27.1 Å². The van der Waals surface area contributed by atoms with Gasteiger partial charge in [-0.3, -0.25) is 9.10 Å². The Hall–Kier alpha value is -2.91. The Balaban J connectivity index is 1.87. The molecule has 0 aliphatic carbocycles. The number of nitrogens with one attached hydrogen (secondary N) is 1. The molecule has 0 atom stereocenters. The lowest BCUT2D eigenvalue weighted by atomic mass is 10.1. The summed E-state index contributed by atoms with van der Waals surface area (Å²) in [7, 11) is -3.97. The van der Waals surface area contributed by atoms with Crippen LogP contribution >= 0.6 is 15.9 Å². The maximum Gasteiger partial charge on any atom is 0.264 e. The van der Waals surface area contributed by atoms with Crippen LogP contribution in [0.5, 0.6) is 0 Å². The number of furan rings is 1. The standard InChI is InChI=1S/C22H22BrN3O4S/c1-15-9-10-21(16(2)11-15)26(31(28,29)19-7-5-4-6-8-19)14-22(27)25-24-13-18-12-20(23)17(3)30-18/h4-13H,14H2,1-3H3,(H,25,27)/b24-13+. The number of nitrogens with zero attached hydrogens (tertiary/aromatic N) is 2. The average molecular weight is 504 g/mol. The number of carbonyl (C=O) groups excluding carboxylic acids is 1. The first-order chi connectivity index (χ1) is 14.7. The van der Waals surface area contributed by atoms with E-state index in [0.29, 0.717) is 17.2 Å². The van der Waals surface area contributed by atoms with Crippen molar-refractivity contribution in [2.45, 2.75) is 25.7 Å². The molecule has 1 aromatic heterocycles. The van der Waals surface area contributed by atoms with Gasteiger partial charge in [-0.15, -0.1) is 0 Å². The quantitative estimate of drug-likeness (QED) is 0.384.